The van der Waals surface area contributed by atoms with Gasteiger partial charge >= 0.3 is 0 Å². The van der Waals surface area contributed by atoms with E-state index in [1.54, 1.807) is 30.6 Å². The predicted molar refractivity (Wildman–Crippen MR) is 101 cm³/mol. The predicted octanol–water partition coefficient (Wildman–Crippen LogP) is 4.82. The van der Waals surface area contributed by atoms with Crippen molar-refractivity contribution < 1.29 is 13.6 Å². The van der Waals surface area contributed by atoms with Crippen LogP contribution in [0.3, 0.4) is 0 Å². The van der Waals surface area contributed by atoms with Crippen molar-refractivity contribution in [3.05, 3.63) is 89.8 Å². The van der Waals surface area contributed by atoms with Gasteiger partial charge in [0.1, 0.15) is 11.6 Å². The van der Waals surface area contributed by atoms with E-state index in [4.69, 9.17) is 0 Å². The van der Waals surface area contributed by atoms with E-state index in [1.165, 1.54) is 46.6 Å². The maximum atomic E-state index is 14.2. The molecular formula is C20H13F2N3OS. The molecule has 2 aromatic heterocycles. The molecule has 0 saturated carbocycles. The second kappa shape index (κ2) is 7.20. The summed E-state index contributed by atoms with van der Waals surface area (Å²) in [5, 5.41) is 0.368. The zero-order chi connectivity index (χ0) is 18.8. The molecule has 2 heterocycles. The fraction of sp³-hybridized carbons (Fsp3) is 0.0500. The molecule has 0 saturated heterocycles. The first-order valence-electron chi connectivity index (χ1n) is 8.13. The van der Waals surface area contributed by atoms with E-state index < -0.39 is 11.7 Å². The fourth-order valence-electron chi connectivity index (χ4n) is 2.68. The molecule has 0 radical (unpaired) electrons. The Morgan fingerprint density at radius 3 is 2.70 bits per heavy atom. The Balaban J connectivity index is 1.79. The number of carbonyl (C=O) groups is 1. The average molecular weight is 381 g/mol. The highest BCUT2D eigenvalue weighted by atomic mass is 32.1. The van der Waals surface area contributed by atoms with Crippen molar-refractivity contribution in [3.8, 4) is 0 Å². The quantitative estimate of drug-likeness (QED) is 0.509. The van der Waals surface area contributed by atoms with Gasteiger partial charge in [-0.1, -0.05) is 29.5 Å². The van der Waals surface area contributed by atoms with Crippen LogP contribution in [0, 0.1) is 11.6 Å². The number of aromatic nitrogens is 2. The maximum Gasteiger partial charge on any atom is 0.263 e. The van der Waals surface area contributed by atoms with Crippen molar-refractivity contribution in [3.63, 3.8) is 0 Å². The Kier molecular flexibility index (Phi) is 4.60. The largest absolute Gasteiger partial charge is 0.279 e. The lowest BCUT2D eigenvalue weighted by atomic mass is 10.1. The molecular weight excluding hydrogens is 368 g/mol. The Labute approximate surface area is 157 Å². The molecule has 0 fully saturated rings. The van der Waals surface area contributed by atoms with Crippen LogP contribution in [0.2, 0.25) is 0 Å². The maximum absolute atomic E-state index is 14.2. The lowest BCUT2D eigenvalue weighted by molar-refractivity contribution is 0.0981. The van der Waals surface area contributed by atoms with Crippen LogP contribution < -0.4 is 4.90 Å². The standard InChI is InChI=1S/C20H13F2N3OS/c21-14-7-8-17-18(10-14)27-20(24-17)25(12-13-4-3-9-23-11-13)19(26)15-5-1-2-6-16(15)22/h1-11H,12H2. The highest BCUT2D eigenvalue weighted by Crippen LogP contribution is 2.31. The Morgan fingerprint density at radius 1 is 1.07 bits per heavy atom. The van der Waals surface area contributed by atoms with Gasteiger partial charge in [-0.05, 0) is 42.0 Å². The second-order valence-corrected chi connectivity index (χ2v) is 6.85. The van der Waals surface area contributed by atoms with Gasteiger partial charge in [0, 0.05) is 12.4 Å². The highest BCUT2D eigenvalue weighted by molar-refractivity contribution is 7.22. The van der Waals surface area contributed by atoms with Gasteiger partial charge in [0.25, 0.3) is 5.91 Å². The average Bonchev–Trinajstić information content (AvgIpc) is 3.09. The third kappa shape index (κ3) is 3.54. The van der Waals surface area contributed by atoms with Gasteiger partial charge in [-0.2, -0.15) is 0 Å². The van der Waals surface area contributed by atoms with Gasteiger partial charge in [0.15, 0.2) is 5.13 Å². The molecule has 0 bridgehead atoms. The number of anilines is 1. The molecule has 2 aromatic carbocycles. The van der Waals surface area contributed by atoms with Gasteiger partial charge in [0.05, 0.1) is 22.3 Å². The summed E-state index contributed by atoms with van der Waals surface area (Å²) < 4.78 is 28.3. The van der Waals surface area contributed by atoms with Crippen LogP contribution in [0.5, 0.6) is 0 Å². The number of pyridine rings is 1. The summed E-state index contributed by atoms with van der Waals surface area (Å²) >= 11 is 1.18. The number of fused-ring (bicyclic) bond motifs is 1. The second-order valence-electron chi connectivity index (χ2n) is 5.84. The first kappa shape index (κ1) is 17.2. The van der Waals surface area contributed by atoms with E-state index >= 15 is 0 Å². The lowest BCUT2D eigenvalue weighted by Crippen LogP contribution is -2.31. The van der Waals surface area contributed by atoms with Gasteiger partial charge in [-0.3, -0.25) is 14.7 Å². The Hall–Kier alpha value is -3.19. The molecule has 4 nitrogen and oxygen atoms in total. The minimum Gasteiger partial charge on any atom is -0.279 e. The molecule has 0 N–H and O–H groups in total. The molecule has 134 valence electrons. The van der Waals surface area contributed by atoms with Crippen LogP contribution >= 0.6 is 11.3 Å². The monoisotopic (exact) mass is 381 g/mol. The van der Waals surface area contributed by atoms with E-state index in [2.05, 4.69) is 9.97 Å². The number of carbonyl (C=O) groups excluding carboxylic acids is 1. The third-order valence-electron chi connectivity index (χ3n) is 3.98. The van der Waals surface area contributed by atoms with E-state index in [0.717, 1.165) is 5.56 Å². The first-order valence-corrected chi connectivity index (χ1v) is 8.95. The van der Waals surface area contributed by atoms with Crippen LogP contribution in [-0.2, 0) is 6.54 Å². The molecule has 0 aliphatic heterocycles. The number of benzene rings is 2. The normalized spacial score (nSPS) is 10.9. The van der Waals surface area contributed by atoms with Crippen molar-refractivity contribution in [1.82, 2.24) is 9.97 Å². The van der Waals surface area contributed by atoms with Crippen LogP contribution in [-0.4, -0.2) is 15.9 Å². The summed E-state index contributed by atoms with van der Waals surface area (Å²) in [7, 11) is 0. The number of rotatable bonds is 4. The molecule has 4 rings (SSSR count). The zero-order valence-corrected chi connectivity index (χ0v) is 14.8. The zero-order valence-electron chi connectivity index (χ0n) is 14.0. The van der Waals surface area contributed by atoms with Gasteiger partial charge in [-0.25, -0.2) is 13.8 Å². The number of nitrogens with zero attached hydrogens (tertiary/aromatic N) is 3. The Morgan fingerprint density at radius 2 is 1.93 bits per heavy atom. The lowest BCUT2D eigenvalue weighted by Gasteiger charge is -2.20. The molecule has 0 aliphatic carbocycles. The van der Waals surface area contributed by atoms with Crippen LogP contribution in [0.25, 0.3) is 10.2 Å². The van der Waals surface area contributed by atoms with Gasteiger partial charge in [-0.15, -0.1) is 0 Å². The van der Waals surface area contributed by atoms with Crippen molar-refractivity contribution in [1.29, 1.82) is 0 Å². The number of thiazole rings is 1. The van der Waals surface area contributed by atoms with E-state index in [-0.39, 0.29) is 17.9 Å². The molecule has 0 unspecified atom stereocenters. The Bertz CT molecular complexity index is 1110. The number of amides is 1. The molecule has 27 heavy (non-hydrogen) atoms. The summed E-state index contributed by atoms with van der Waals surface area (Å²) in [5.41, 5.74) is 1.30. The van der Waals surface area contributed by atoms with E-state index in [9.17, 15) is 13.6 Å². The van der Waals surface area contributed by atoms with Crippen LogP contribution in [0.15, 0.2) is 67.0 Å². The number of hydrogen-bond donors (Lipinski definition) is 0. The number of hydrogen-bond acceptors (Lipinski definition) is 4. The topological polar surface area (TPSA) is 46.1 Å². The van der Waals surface area contributed by atoms with Crippen molar-refractivity contribution in [2.24, 2.45) is 0 Å². The van der Waals surface area contributed by atoms with Gasteiger partial charge in [0.2, 0.25) is 0 Å². The smallest absolute Gasteiger partial charge is 0.263 e. The molecule has 4 aromatic rings. The van der Waals surface area contributed by atoms with Gasteiger partial charge < -0.3 is 0 Å². The van der Waals surface area contributed by atoms with Crippen LogP contribution in [0.1, 0.15) is 15.9 Å². The third-order valence-corrected chi connectivity index (χ3v) is 5.02. The number of halogens is 2. The molecule has 1 amide bonds. The van der Waals surface area contributed by atoms with Crippen molar-refractivity contribution >= 4 is 32.6 Å². The fourth-order valence-corrected chi connectivity index (χ4v) is 3.67. The minimum atomic E-state index is -0.606. The summed E-state index contributed by atoms with van der Waals surface area (Å²) in [5.74, 6) is -1.50. The molecule has 0 aliphatic rings. The molecule has 7 heteroatoms. The van der Waals surface area contributed by atoms with Crippen molar-refractivity contribution in [2.45, 2.75) is 6.54 Å². The van der Waals surface area contributed by atoms with Crippen LogP contribution in [0.4, 0.5) is 13.9 Å². The molecule has 0 atom stereocenters. The van der Waals surface area contributed by atoms with E-state index in [0.29, 0.717) is 15.3 Å². The molecule has 0 spiro atoms. The summed E-state index contributed by atoms with van der Waals surface area (Å²) in [4.78, 5) is 23.0. The summed E-state index contributed by atoms with van der Waals surface area (Å²) in [6.07, 6.45) is 3.27. The minimum absolute atomic E-state index is 0.0492. The van der Waals surface area contributed by atoms with E-state index in [1.807, 2.05) is 6.07 Å². The van der Waals surface area contributed by atoms with Crippen molar-refractivity contribution in [2.75, 3.05) is 4.90 Å². The SMILES string of the molecule is O=C(c1ccccc1F)N(Cc1cccnc1)c1nc2ccc(F)cc2s1. The summed E-state index contributed by atoms with van der Waals surface area (Å²) in [6, 6.07) is 13.6. The highest BCUT2D eigenvalue weighted by Gasteiger charge is 2.24. The summed E-state index contributed by atoms with van der Waals surface area (Å²) in [6.45, 7) is 0.170. The first-order chi connectivity index (χ1) is 13.1.